The summed E-state index contributed by atoms with van der Waals surface area (Å²) in [5.41, 5.74) is 2.61. The molecule has 8 heteroatoms. The lowest BCUT2D eigenvalue weighted by atomic mass is 10.1. The Kier molecular flexibility index (Phi) is 6.76. The van der Waals surface area contributed by atoms with E-state index in [1.165, 1.54) is 23.1 Å². The third kappa shape index (κ3) is 5.03. The van der Waals surface area contributed by atoms with Gasteiger partial charge in [-0.3, -0.25) is 4.79 Å². The number of hydrogen-bond acceptors (Lipinski definition) is 7. The molecule has 0 fully saturated rings. The number of methoxy groups -OCH3 is 1. The normalized spacial score (nSPS) is 11.8. The van der Waals surface area contributed by atoms with Crippen LogP contribution in [0.5, 0.6) is 5.75 Å². The number of rotatable bonds is 7. The van der Waals surface area contributed by atoms with E-state index in [9.17, 15) is 4.79 Å². The maximum atomic E-state index is 13.1. The molecule has 5 nitrogen and oxygen atoms in total. The molecule has 0 saturated carbocycles. The predicted octanol–water partition coefficient (Wildman–Crippen LogP) is 5.05. The summed E-state index contributed by atoms with van der Waals surface area (Å²) in [7, 11) is 1.59. The second-order valence-corrected chi connectivity index (χ2v) is 9.02. The predicted molar refractivity (Wildman–Crippen MR) is 113 cm³/mol. The van der Waals surface area contributed by atoms with Crippen molar-refractivity contribution in [2.75, 3.05) is 18.7 Å². The van der Waals surface area contributed by atoms with E-state index in [-0.39, 0.29) is 5.91 Å². The Hall–Kier alpha value is -2.03. The van der Waals surface area contributed by atoms with Crippen LogP contribution >= 0.6 is 34.9 Å². The summed E-state index contributed by atoms with van der Waals surface area (Å²) in [6.07, 6.45) is 1.96. The third-order valence-corrected chi connectivity index (χ3v) is 6.97. The Bertz CT molecular complexity index is 916. The molecule has 0 aliphatic rings. The maximum Gasteiger partial charge on any atom is 0.242 e. The standard InChI is InChI=1S/C19H19N3O2S3/c1-12-9-10-15(24-2)14(11-12)20-17(23)16(13-7-5-4-6-8-13)26-19-22-21-18(25-3)27-19/h4-11,16H,1-3H3,(H,20,23)/t16-/m1/s1. The molecule has 27 heavy (non-hydrogen) atoms. The van der Waals surface area contributed by atoms with Crippen LogP contribution in [0, 0.1) is 6.92 Å². The number of anilines is 1. The molecule has 0 aliphatic heterocycles. The smallest absolute Gasteiger partial charge is 0.242 e. The van der Waals surface area contributed by atoms with Crippen molar-refractivity contribution >= 4 is 46.5 Å². The number of thioether (sulfide) groups is 2. The zero-order valence-electron chi connectivity index (χ0n) is 15.1. The minimum Gasteiger partial charge on any atom is -0.495 e. The molecular weight excluding hydrogens is 398 g/mol. The summed E-state index contributed by atoms with van der Waals surface area (Å²) in [5.74, 6) is 0.502. The molecule has 140 valence electrons. The lowest BCUT2D eigenvalue weighted by Gasteiger charge is -2.17. The van der Waals surface area contributed by atoms with Crippen LogP contribution in [0.25, 0.3) is 0 Å². The topological polar surface area (TPSA) is 64.1 Å². The van der Waals surface area contributed by atoms with Crippen molar-refractivity contribution in [2.24, 2.45) is 0 Å². The first-order valence-electron chi connectivity index (χ1n) is 8.15. The lowest BCUT2D eigenvalue weighted by Crippen LogP contribution is -2.19. The van der Waals surface area contributed by atoms with Crippen molar-refractivity contribution in [1.29, 1.82) is 0 Å². The van der Waals surface area contributed by atoms with E-state index in [4.69, 9.17) is 4.74 Å². The van der Waals surface area contributed by atoms with E-state index in [1.807, 2.05) is 61.7 Å². The molecule has 1 N–H and O–H groups in total. The summed E-state index contributed by atoms with van der Waals surface area (Å²) < 4.78 is 7.02. The number of nitrogens with one attached hydrogen (secondary N) is 1. The quantitative estimate of drug-likeness (QED) is 0.543. The molecule has 1 aromatic heterocycles. The lowest BCUT2D eigenvalue weighted by molar-refractivity contribution is -0.115. The molecule has 1 heterocycles. The van der Waals surface area contributed by atoms with Crippen LogP contribution < -0.4 is 10.1 Å². The van der Waals surface area contributed by atoms with Crippen molar-refractivity contribution in [2.45, 2.75) is 20.9 Å². The number of aromatic nitrogens is 2. The van der Waals surface area contributed by atoms with E-state index in [2.05, 4.69) is 15.5 Å². The van der Waals surface area contributed by atoms with Crippen molar-refractivity contribution in [3.8, 4) is 5.75 Å². The fourth-order valence-corrected chi connectivity index (χ4v) is 5.08. The van der Waals surface area contributed by atoms with Gasteiger partial charge in [0.2, 0.25) is 5.91 Å². The molecule has 0 spiro atoms. The zero-order valence-corrected chi connectivity index (χ0v) is 17.6. The first-order valence-corrected chi connectivity index (χ1v) is 11.1. The van der Waals surface area contributed by atoms with Crippen LogP contribution in [0.3, 0.4) is 0 Å². The number of benzene rings is 2. The van der Waals surface area contributed by atoms with Gasteiger partial charge in [0.05, 0.1) is 12.8 Å². The monoisotopic (exact) mass is 417 g/mol. The Labute approximate surface area is 170 Å². The van der Waals surface area contributed by atoms with Gasteiger partial charge < -0.3 is 10.1 Å². The van der Waals surface area contributed by atoms with Gasteiger partial charge in [0, 0.05) is 0 Å². The second-order valence-electron chi connectivity index (χ2n) is 5.64. The molecule has 0 bridgehead atoms. The largest absolute Gasteiger partial charge is 0.495 e. The van der Waals surface area contributed by atoms with Crippen LogP contribution in [-0.4, -0.2) is 29.5 Å². The van der Waals surface area contributed by atoms with Gasteiger partial charge >= 0.3 is 0 Å². The van der Waals surface area contributed by atoms with Gasteiger partial charge in [-0.2, -0.15) is 0 Å². The molecular formula is C19H19N3O2S3. The minimum atomic E-state index is -0.445. The number of aryl methyl sites for hydroxylation is 1. The zero-order chi connectivity index (χ0) is 19.2. The van der Waals surface area contributed by atoms with Gasteiger partial charge in [-0.05, 0) is 36.4 Å². The number of hydrogen-bond donors (Lipinski definition) is 1. The molecule has 3 rings (SSSR count). The summed E-state index contributed by atoms with van der Waals surface area (Å²) in [4.78, 5) is 13.1. The first-order chi connectivity index (χ1) is 13.1. The second kappa shape index (κ2) is 9.25. The highest BCUT2D eigenvalue weighted by Crippen LogP contribution is 2.39. The van der Waals surface area contributed by atoms with Crippen LogP contribution in [0.1, 0.15) is 16.4 Å². The van der Waals surface area contributed by atoms with Crippen molar-refractivity contribution in [3.63, 3.8) is 0 Å². The van der Waals surface area contributed by atoms with Gasteiger partial charge in [-0.1, -0.05) is 71.3 Å². The molecule has 1 atom stereocenters. The van der Waals surface area contributed by atoms with E-state index >= 15 is 0 Å². The van der Waals surface area contributed by atoms with Crippen molar-refractivity contribution in [3.05, 3.63) is 59.7 Å². The molecule has 3 aromatic rings. The summed E-state index contributed by atoms with van der Waals surface area (Å²) in [6.45, 7) is 1.98. The number of ether oxygens (including phenoxy) is 1. The van der Waals surface area contributed by atoms with Gasteiger partial charge in [-0.25, -0.2) is 0 Å². The summed E-state index contributed by atoms with van der Waals surface area (Å²) in [5, 5.41) is 10.9. The van der Waals surface area contributed by atoms with Crippen molar-refractivity contribution < 1.29 is 9.53 Å². The van der Waals surface area contributed by atoms with Crippen LogP contribution in [0.4, 0.5) is 5.69 Å². The highest BCUT2D eigenvalue weighted by atomic mass is 32.2. The first kappa shape index (κ1) is 19.7. The third-order valence-electron chi connectivity index (χ3n) is 3.73. The highest BCUT2D eigenvalue weighted by molar-refractivity contribution is 8.03. The highest BCUT2D eigenvalue weighted by Gasteiger charge is 2.25. The average Bonchev–Trinajstić information content (AvgIpc) is 3.15. The Morgan fingerprint density at radius 2 is 1.89 bits per heavy atom. The van der Waals surface area contributed by atoms with E-state index in [1.54, 1.807) is 18.9 Å². The number of carbonyl (C=O) groups excluding carboxylic acids is 1. The van der Waals surface area contributed by atoms with Crippen LogP contribution in [0.2, 0.25) is 0 Å². The molecule has 0 saturated heterocycles. The molecule has 0 aliphatic carbocycles. The fourth-order valence-electron chi connectivity index (χ4n) is 2.45. The van der Waals surface area contributed by atoms with Crippen LogP contribution in [-0.2, 0) is 4.79 Å². The van der Waals surface area contributed by atoms with E-state index < -0.39 is 5.25 Å². The number of nitrogens with zero attached hydrogens (tertiary/aromatic N) is 2. The molecule has 2 aromatic carbocycles. The molecule has 0 radical (unpaired) electrons. The van der Waals surface area contributed by atoms with E-state index in [0.29, 0.717) is 11.4 Å². The number of carbonyl (C=O) groups is 1. The Morgan fingerprint density at radius 1 is 1.15 bits per heavy atom. The minimum absolute atomic E-state index is 0.129. The van der Waals surface area contributed by atoms with Crippen LogP contribution in [0.15, 0.2) is 57.2 Å². The number of amides is 1. The maximum absolute atomic E-state index is 13.1. The SMILES string of the molecule is COc1ccc(C)cc1NC(=O)[C@H](Sc1nnc(SC)s1)c1ccccc1. The van der Waals surface area contributed by atoms with Gasteiger partial charge in [0.1, 0.15) is 11.0 Å². The van der Waals surface area contributed by atoms with Gasteiger partial charge in [0.25, 0.3) is 0 Å². The van der Waals surface area contributed by atoms with Crippen molar-refractivity contribution in [1.82, 2.24) is 10.2 Å². The summed E-state index contributed by atoms with van der Waals surface area (Å²) >= 11 is 4.44. The Morgan fingerprint density at radius 3 is 2.56 bits per heavy atom. The van der Waals surface area contributed by atoms with Gasteiger partial charge in [-0.15, -0.1) is 10.2 Å². The molecule has 0 unspecified atom stereocenters. The van der Waals surface area contributed by atoms with Gasteiger partial charge in [0.15, 0.2) is 8.68 Å². The van der Waals surface area contributed by atoms with E-state index in [0.717, 1.165) is 19.8 Å². The summed E-state index contributed by atoms with van der Waals surface area (Å²) in [6, 6.07) is 15.4. The average molecular weight is 418 g/mol. The fraction of sp³-hybridized carbons (Fsp3) is 0.211. The Balaban J connectivity index is 1.88. The molecule has 1 amide bonds.